The van der Waals surface area contributed by atoms with Crippen LogP contribution in [0.15, 0.2) is 60.7 Å². The summed E-state index contributed by atoms with van der Waals surface area (Å²) in [6.07, 6.45) is 2.48. The standard InChI is InChI=1S/C35H47BN4O6/c1-21(2)29(40-31(42)24-15-11-8-12-16-24)33(44)39-26(17-23-13-9-7-10-14-23)32(43)38-22(3)30(41)37-20-36-45-28-19-25-18-27(34(25,4)5)35(28,6)46-36/h7-16,21-22,25-29H,17-20H2,1-6H3,(H,37,41)(H,38,43)(H,39,44)(H,40,42)/t22-,25-,26-,27-,28+,29-,35-/m0/s1. The van der Waals surface area contributed by atoms with Gasteiger partial charge in [0.15, 0.2) is 0 Å². The zero-order chi connectivity index (χ0) is 33.2. The molecule has 246 valence electrons. The largest absolute Gasteiger partial charge is 0.478 e. The highest BCUT2D eigenvalue weighted by atomic mass is 16.7. The van der Waals surface area contributed by atoms with E-state index in [9.17, 15) is 19.2 Å². The van der Waals surface area contributed by atoms with Crippen LogP contribution < -0.4 is 21.3 Å². The first kappa shape index (κ1) is 33.7. The molecule has 2 aromatic rings. The Morgan fingerprint density at radius 3 is 2.13 bits per heavy atom. The molecule has 6 rings (SSSR count). The Morgan fingerprint density at radius 1 is 0.848 bits per heavy atom. The topological polar surface area (TPSA) is 135 Å². The Balaban J connectivity index is 1.19. The average Bonchev–Trinajstić information content (AvgIpc) is 3.38. The lowest BCUT2D eigenvalue weighted by Crippen LogP contribution is -2.65. The molecule has 4 fully saturated rings. The van der Waals surface area contributed by atoms with E-state index in [4.69, 9.17) is 9.31 Å². The zero-order valence-corrected chi connectivity index (χ0v) is 27.7. The lowest BCUT2D eigenvalue weighted by atomic mass is 9.43. The summed E-state index contributed by atoms with van der Waals surface area (Å²) in [5, 5.41) is 11.3. The number of amides is 4. The van der Waals surface area contributed by atoms with E-state index in [0.717, 1.165) is 18.4 Å². The second-order valence-corrected chi connectivity index (χ2v) is 14.2. The molecule has 1 aliphatic heterocycles. The third kappa shape index (κ3) is 7.00. The summed E-state index contributed by atoms with van der Waals surface area (Å²) in [6.45, 7) is 12.0. The number of nitrogens with one attached hydrogen (secondary N) is 4. The van der Waals surface area contributed by atoms with E-state index in [1.54, 1.807) is 31.2 Å². The highest BCUT2D eigenvalue weighted by Crippen LogP contribution is 2.65. The molecule has 4 amide bonds. The molecular formula is C35H47BN4O6. The van der Waals surface area contributed by atoms with E-state index < -0.39 is 37.1 Å². The normalized spacial score (nSPS) is 26.2. The fourth-order valence-corrected chi connectivity index (χ4v) is 7.42. The van der Waals surface area contributed by atoms with Gasteiger partial charge in [0.25, 0.3) is 5.91 Å². The smallest absolute Gasteiger partial charge is 0.404 e. The van der Waals surface area contributed by atoms with Gasteiger partial charge in [-0.05, 0) is 67.6 Å². The van der Waals surface area contributed by atoms with Crippen molar-refractivity contribution in [2.24, 2.45) is 23.2 Å². The van der Waals surface area contributed by atoms with E-state index in [-0.39, 0.29) is 47.7 Å². The minimum Gasteiger partial charge on any atom is -0.404 e. The molecule has 11 heteroatoms. The third-order valence-electron chi connectivity index (χ3n) is 10.4. The van der Waals surface area contributed by atoms with Crippen LogP contribution >= 0.6 is 0 Å². The number of benzene rings is 2. The van der Waals surface area contributed by atoms with Gasteiger partial charge in [0, 0.05) is 12.0 Å². The van der Waals surface area contributed by atoms with Crippen LogP contribution in [0.4, 0.5) is 0 Å². The second kappa shape index (κ2) is 13.6. The highest BCUT2D eigenvalue weighted by molar-refractivity contribution is 6.46. The maximum Gasteiger partial charge on any atom is 0.478 e. The van der Waals surface area contributed by atoms with Gasteiger partial charge < -0.3 is 30.6 Å². The van der Waals surface area contributed by atoms with Gasteiger partial charge in [0.1, 0.15) is 18.1 Å². The van der Waals surface area contributed by atoms with Crippen LogP contribution in [-0.2, 0) is 30.1 Å². The van der Waals surface area contributed by atoms with Crippen molar-refractivity contribution in [3.63, 3.8) is 0 Å². The third-order valence-corrected chi connectivity index (χ3v) is 10.4. The summed E-state index contributed by atoms with van der Waals surface area (Å²) >= 11 is 0. The summed E-state index contributed by atoms with van der Waals surface area (Å²) in [5.74, 6) is -0.965. The maximum absolute atomic E-state index is 13.6. The van der Waals surface area contributed by atoms with Crippen molar-refractivity contribution in [2.75, 3.05) is 6.44 Å². The lowest BCUT2D eigenvalue weighted by Gasteiger charge is -2.64. The van der Waals surface area contributed by atoms with Gasteiger partial charge in [-0.3, -0.25) is 19.2 Å². The average molecular weight is 631 g/mol. The Bertz CT molecular complexity index is 1420. The van der Waals surface area contributed by atoms with E-state index in [2.05, 4.69) is 42.0 Å². The molecule has 4 aliphatic rings. The monoisotopic (exact) mass is 630 g/mol. The van der Waals surface area contributed by atoms with Gasteiger partial charge in [0.2, 0.25) is 17.7 Å². The van der Waals surface area contributed by atoms with Crippen LogP contribution in [0.25, 0.3) is 0 Å². The number of carbonyl (C=O) groups is 4. The van der Waals surface area contributed by atoms with Crippen molar-refractivity contribution < 1.29 is 28.5 Å². The molecule has 2 aromatic carbocycles. The fraction of sp³-hybridized carbons (Fsp3) is 0.543. The second-order valence-electron chi connectivity index (χ2n) is 14.2. The van der Waals surface area contributed by atoms with Gasteiger partial charge in [-0.1, -0.05) is 76.2 Å². The Morgan fingerprint density at radius 2 is 1.50 bits per heavy atom. The predicted molar refractivity (Wildman–Crippen MR) is 175 cm³/mol. The molecule has 0 aromatic heterocycles. The number of hydrogen-bond donors (Lipinski definition) is 4. The maximum atomic E-state index is 13.6. The molecule has 3 aliphatic carbocycles. The lowest BCUT2D eigenvalue weighted by molar-refractivity contribution is -0.199. The van der Waals surface area contributed by atoms with Gasteiger partial charge in [-0.15, -0.1) is 0 Å². The fourth-order valence-electron chi connectivity index (χ4n) is 7.42. The molecular weight excluding hydrogens is 583 g/mol. The number of carbonyl (C=O) groups excluding carboxylic acids is 4. The SMILES string of the molecule is CC(C)[C@H](NC(=O)c1ccccc1)C(=O)N[C@@H](Cc1ccccc1)C(=O)N[C@@H](C)C(=O)NCB1O[C@@H]2C[C@@H]3C[C@@H](C3(C)C)[C@]2(C)O1. The van der Waals surface area contributed by atoms with Crippen LogP contribution in [0.1, 0.15) is 70.3 Å². The molecule has 7 atom stereocenters. The summed E-state index contributed by atoms with van der Waals surface area (Å²) in [5.41, 5.74) is 1.12. The first-order chi connectivity index (χ1) is 21.8. The van der Waals surface area contributed by atoms with Crippen LogP contribution in [0, 0.1) is 23.2 Å². The summed E-state index contributed by atoms with van der Waals surface area (Å²) in [6, 6.07) is 15.2. The highest BCUT2D eigenvalue weighted by Gasteiger charge is 2.67. The van der Waals surface area contributed by atoms with E-state index in [1.807, 2.05) is 50.2 Å². The van der Waals surface area contributed by atoms with E-state index in [0.29, 0.717) is 17.4 Å². The van der Waals surface area contributed by atoms with Crippen molar-refractivity contribution in [3.05, 3.63) is 71.8 Å². The zero-order valence-electron chi connectivity index (χ0n) is 27.7. The molecule has 1 saturated heterocycles. The quantitative estimate of drug-likeness (QED) is 0.267. The minimum absolute atomic E-state index is 0.0119. The molecule has 0 radical (unpaired) electrons. The van der Waals surface area contributed by atoms with E-state index in [1.165, 1.54) is 0 Å². The first-order valence-electron chi connectivity index (χ1n) is 16.4. The first-order valence-corrected chi connectivity index (χ1v) is 16.4. The molecule has 10 nitrogen and oxygen atoms in total. The number of rotatable bonds is 12. The van der Waals surface area contributed by atoms with Crippen LogP contribution in [-0.4, -0.2) is 67.0 Å². The van der Waals surface area contributed by atoms with Crippen LogP contribution in [0.3, 0.4) is 0 Å². The summed E-state index contributed by atoms with van der Waals surface area (Å²) < 4.78 is 12.6. The van der Waals surface area contributed by atoms with Gasteiger partial charge >= 0.3 is 7.12 Å². The molecule has 46 heavy (non-hydrogen) atoms. The summed E-state index contributed by atoms with van der Waals surface area (Å²) in [4.78, 5) is 53.0. The molecule has 0 spiro atoms. The number of hydrogen-bond acceptors (Lipinski definition) is 6. The molecule has 4 N–H and O–H groups in total. The van der Waals surface area contributed by atoms with Crippen molar-refractivity contribution in [3.8, 4) is 0 Å². The Kier molecular flexibility index (Phi) is 9.93. The molecule has 3 saturated carbocycles. The molecule has 2 bridgehead atoms. The Hall–Kier alpha value is -3.70. The Labute approximate surface area is 272 Å². The van der Waals surface area contributed by atoms with Crippen molar-refractivity contribution in [2.45, 2.75) is 90.6 Å². The molecule has 1 heterocycles. The van der Waals surface area contributed by atoms with Crippen molar-refractivity contribution in [1.29, 1.82) is 0 Å². The minimum atomic E-state index is -0.987. The van der Waals surface area contributed by atoms with E-state index >= 15 is 0 Å². The van der Waals surface area contributed by atoms with Crippen LogP contribution in [0.2, 0.25) is 0 Å². The van der Waals surface area contributed by atoms with Gasteiger partial charge in [0.05, 0.1) is 18.1 Å². The van der Waals surface area contributed by atoms with Crippen molar-refractivity contribution >= 4 is 30.7 Å². The molecule has 0 unspecified atom stereocenters. The van der Waals surface area contributed by atoms with Crippen LogP contribution in [0.5, 0.6) is 0 Å². The van der Waals surface area contributed by atoms with Gasteiger partial charge in [-0.25, -0.2) is 0 Å². The van der Waals surface area contributed by atoms with Crippen molar-refractivity contribution in [1.82, 2.24) is 21.3 Å². The summed E-state index contributed by atoms with van der Waals surface area (Å²) in [7, 11) is -0.554. The van der Waals surface area contributed by atoms with Gasteiger partial charge in [-0.2, -0.15) is 0 Å². The predicted octanol–water partition coefficient (Wildman–Crippen LogP) is 3.06.